The van der Waals surface area contributed by atoms with E-state index >= 15 is 0 Å². The Hall–Kier alpha value is -1.16. The van der Waals surface area contributed by atoms with Crippen molar-refractivity contribution >= 4 is 0 Å². The minimum absolute atomic E-state index is 0.180. The van der Waals surface area contributed by atoms with Gasteiger partial charge in [0, 0.05) is 5.56 Å². The van der Waals surface area contributed by atoms with E-state index in [1.165, 1.54) is 18.2 Å². The van der Waals surface area contributed by atoms with Gasteiger partial charge in [-0.1, -0.05) is 12.1 Å². The predicted octanol–water partition coefficient (Wildman–Crippen LogP) is 1.44. The van der Waals surface area contributed by atoms with E-state index in [1.54, 1.807) is 0 Å². The Balaban J connectivity index is 3.03. The summed E-state index contributed by atoms with van der Waals surface area (Å²) in [6, 6.07) is 4.92. The average molecular weight is 173 g/mol. The summed E-state index contributed by atoms with van der Waals surface area (Å²) in [4.78, 5) is 0. The molecule has 0 radical (unpaired) electrons. The van der Waals surface area contributed by atoms with E-state index in [0.717, 1.165) is 6.07 Å². The third-order valence-corrected chi connectivity index (χ3v) is 1.52. The molecule has 0 unspecified atom stereocenters. The van der Waals surface area contributed by atoms with Gasteiger partial charge in [0.25, 0.3) is 5.92 Å². The first-order chi connectivity index (χ1) is 5.56. The van der Waals surface area contributed by atoms with E-state index in [1.807, 2.05) is 0 Å². The summed E-state index contributed by atoms with van der Waals surface area (Å²) in [7, 11) is 0. The standard InChI is InChI=1S/C8H9F2NO/c9-8(10,5-11)6-2-1-3-7(12)4-6/h1-4,12H,5,11H2. The zero-order chi connectivity index (χ0) is 9.19. The van der Waals surface area contributed by atoms with Crippen LogP contribution in [-0.4, -0.2) is 11.7 Å². The molecule has 0 aliphatic carbocycles. The van der Waals surface area contributed by atoms with Crippen molar-refractivity contribution in [1.29, 1.82) is 0 Å². The van der Waals surface area contributed by atoms with Crippen molar-refractivity contribution in [2.75, 3.05) is 6.54 Å². The second-order valence-electron chi connectivity index (χ2n) is 2.46. The summed E-state index contributed by atoms with van der Waals surface area (Å²) < 4.78 is 25.7. The smallest absolute Gasteiger partial charge is 0.285 e. The van der Waals surface area contributed by atoms with Crippen LogP contribution in [0.1, 0.15) is 5.56 Å². The van der Waals surface area contributed by atoms with Crippen LogP contribution in [0.15, 0.2) is 24.3 Å². The maximum atomic E-state index is 12.8. The highest BCUT2D eigenvalue weighted by Crippen LogP contribution is 2.28. The largest absolute Gasteiger partial charge is 0.508 e. The Morgan fingerprint density at radius 2 is 2.08 bits per heavy atom. The third kappa shape index (κ3) is 1.71. The molecule has 0 aliphatic heterocycles. The third-order valence-electron chi connectivity index (χ3n) is 1.52. The van der Waals surface area contributed by atoms with Crippen LogP contribution in [0.25, 0.3) is 0 Å². The molecule has 0 amide bonds. The molecule has 12 heavy (non-hydrogen) atoms. The van der Waals surface area contributed by atoms with Crippen LogP contribution >= 0.6 is 0 Å². The van der Waals surface area contributed by atoms with Gasteiger partial charge in [-0.3, -0.25) is 0 Å². The number of aromatic hydroxyl groups is 1. The molecule has 3 N–H and O–H groups in total. The maximum absolute atomic E-state index is 12.8. The lowest BCUT2D eigenvalue weighted by molar-refractivity contribution is 0.00575. The van der Waals surface area contributed by atoms with Gasteiger partial charge in [0.1, 0.15) is 5.75 Å². The number of benzene rings is 1. The van der Waals surface area contributed by atoms with Crippen molar-refractivity contribution in [3.8, 4) is 5.75 Å². The molecule has 1 rings (SSSR count). The van der Waals surface area contributed by atoms with Gasteiger partial charge in [0.15, 0.2) is 0 Å². The van der Waals surface area contributed by atoms with E-state index in [9.17, 15) is 8.78 Å². The Kier molecular flexibility index (Phi) is 2.28. The highest BCUT2D eigenvalue weighted by atomic mass is 19.3. The lowest BCUT2D eigenvalue weighted by Gasteiger charge is -2.13. The van der Waals surface area contributed by atoms with Gasteiger partial charge >= 0.3 is 0 Å². The molecule has 0 fully saturated rings. The van der Waals surface area contributed by atoms with Crippen LogP contribution in [0, 0.1) is 0 Å². The fraction of sp³-hybridized carbons (Fsp3) is 0.250. The van der Waals surface area contributed by atoms with Gasteiger partial charge in [-0.2, -0.15) is 8.78 Å². The molecule has 1 aromatic rings. The summed E-state index contributed by atoms with van der Waals surface area (Å²) in [5.41, 5.74) is 4.60. The molecule has 0 aliphatic rings. The molecule has 0 saturated heterocycles. The normalized spacial score (nSPS) is 11.6. The summed E-state index contributed by atoms with van der Waals surface area (Å²) in [5, 5.41) is 8.90. The fourth-order valence-electron chi connectivity index (χ4n) is 0.851. The highest BCUT2D eigenvalue weighted by Gasteiger charge is 2.29. The lowest BCUT2D eigenvalue weighted by Crippen LogP contribution is -2.24. The zero-order valence-electron chi connectivity index (χ0n) is 6.30. The van der Waals surface area contributed by atoms with Crippen molar-refractivity contribution in [3.63, 3.8) is 0 Å². The molecule has 0 aromatic heterocycles. The SMILES string of the molecule is NCC(F)(F)c1cccc(O)c1. The van der Waals surface area contributed by atoms with Crippen molar-refractivity contribution in [3.05, 3.63) is 29.8 Å². The van der Waals surface area contributed by atoms with Crippen LogP contribution in [0.4, 0.5) is 8.78 Å². The summed E-state index contributed by atoms with van der Waals surface area (Å²) in [5.74, 6) is -3.24. The Labute approximate surface area is 68.6 Å². The highest BCUT2D eigenvalue weighted by molar-refractivity contribution is 5.30. The Morgan fingerprint density at radius 3 is 2.58 bits per heavy atom. The second-order valence-corrected chi connectivity index (χ2v) is 2.46. The minimum Gasteiger partial charge on any atom is -0.508 e. The molecule has 0 saturated carbocycles. The number of nitrogens with two attached hydrogens (primary N) is 1. The first kappa shape index (κ1) is 8.93. The quantitative estimate of drug-likeness (QED) is 0.710. The topological polar surface area (TPSA) is 46.2 Å². The minimum atomic E-state index is -3.06. The zero-order valence-corrected chi connectivity index (χ0v) is 6.30. The second kappa shape index (κ2) is 3.06. The first-order valence-corrected chi connectivity index (χ1v) is 3.43. The summed E-state index contributed by atoms with van der Waals surface area (Å²) in [6.45, 7) is -0.754. The number of phenolic OH excluding ortho intramolecular Hbond substituents is 1. The van der Waals surface area contributed by atoms with E-state index in [-0.39, 0.29) is 11.3 Å². The molecule has 0 bridgehead atoms. The van der Waals surface area contributed by atoms with E-state index < -0.39 is 12.5 Å². The first-order valence-electron chi connectivity index (χ1n) is 3.43. The van der Waals surface area contributed by atoms with Crippen molar-refractivity contribution in [2.45, 2.75) is 5.92 Å². The molecule has 0 spiro atoms. The van der Waals surface area contributed by atoms with Crippen LogP contribution in [-0.2, 0) is 5.92 Å². The van der Waals surface area contributed by atoms with Crippen LogP contribution in [0.2, 0.25) is 0 Å². The van der Waals surface area contributed by atoms with E-state index in [2.05, 4.69) is 0 Å². The number of rotatable bonds is 2. The van der Waals surface area contributed by atoms with Gasteiger partial charge in [0.05, 0.1) is 6.54 Å². The number of hydrogen-bond acceptors (Lipinski definition) is 2. The Bertz CT molecular complexity index is 276. The van der Waals surface area contributed by atoms with Gasteiger partial charge in [-0.25, -0.2) is 0 Å². The molecule has 0 heterocycles. The van der Waals surface area contributed by atoms with Crippen molar-refractivity contribution < 1.29 is 13.9 Å². The van der Waals surface area contributed by atoms with Crippen LogP contribution in [0.5, 0.6) is 5.75 Å². The molecule has 1 aromatic carbocycles. The number of alkyl halides is 2. The molecule has 66 valence electrons. The predicted molar refractivity (Wildman–Crippen MR) is 41.1 cm³/mol. The van der Waals surface area contributed by atoms with Gasteiger partial charge in [-0.05, 0) is 12.1 Å². The molecular formula is C8H9F2NO. The maximum Gasteiger partial charge on any atom is 0.285 e. The van der Waals surface area contributed by atoms with Crippen LogP contribution < -0.4 is 5.73 Å². The van der Waals surface area contributed by atoms with Crippen molar-refractivity contribution in [2.24, 2.45) is 5.73 Å². The molecular weight excluding hydrogens is 164 g/mol. The van der Waals surface area contributed by atoms with Gasteiger partial charge in [0.2, 0.25) is 0 Å². The molecule has 4 heteroatoms. The van der Waals surface area contributed by atoms with Gasteiger partial charge < -0.3 is 10.8 Å². The molecule has 0 atom stereocenters. The monoisotopic (exact) mass is 173 g/mol. The fourth-order valence-corrected chi connectivity index (χ4v) is 0.851. The van der Waals surface area contributed by atoms with Crippen LogP contribution in [0.3, 0.4) is 0 Å². The number of halogens is 2. The number of hydrogen-bond donors (Lipinski definition) is 2. The molecule has 2 nitrogen and oxygen atoms in total. The summed E-state index contributed by atoms with van der Waals surface area (Å²) in [6.07, 6.45) is 0. The average Bonchev–Trinajstić information content (AvgIpc) is 2.05. The van der Waals surface area contributed by atoms with Crippen molar-refractivity contribution in [1.82, 2.24) is 0 Å². The Morgan fingerprint density at radius 1 is 1.42 bits per heavy atom. The summed E-state index contributed by atoms with van der Waals surface area (Å²) >= 11 is 0. The van der Waals surface area contributed by atoms with Gasteiger partial charge in [-0.15, -0.1) is 0 Å². The number of phenols is 1. The lowest BCUT2D eigenvalue weighted by atomic mass is 10.1. The van der Waals surface area contributed by atoms with E-state index in [0.29, 0.717) is 0 Å². The van der Waals surface area contributed by atoms with E-state index in [4.69, 9.17) is 10.8 Å².